The SMILES string of the molecule is CCN1CCCC1CN(C)c1cc(CNC2CC2)ccn1. The maximum absolute atomic E-state index is 4.55. The number of anilines is 1. The second-order valence-electron chi connectivity index (χ2n) is 6.48. The van der Waals surface area contributed by atoms with E-state index in [1.807, 2.05) is 6.20 Å². The summed E-state index contributed by atoms with van der Waals surface area (Å²) in [6.07, 6.45) is 7.28. The van der Waals surface area contributed by atoms with Crippen molar-refractivity contribution in [3.05, 3.63) is 23.9 Å². The molecule has 0 amide bonds. The molecule has 1 atom stereocenters. The topological polar surface area (TPSA) is 31.4 Å². The van der Waals surface area contributed by atoms with Crippen LogP contribution in [-0.4, -0.2) is 48.6 Å². The number of hydrogen-bond donors (Lipinski definition) is 1. The van der Waals surface area contributed by atoms with Crippen molar-refractivity contribution in [2.45, 2.75) is 51.2 Å². The van der Waals surface area contributed by atoms with Crippen LogP contribution in [0.2, 0.25) is 0 Å². The van der Waals surface area contributed by atoms with Gasteiger partial charge in [0.15, 0.2) is 0 Å². The molecule has 4 heteroatoms. The Morgan fingerprint density at radius 3 is 3.00 bits per heavy atom. The number of pyridine rings is 1. The minimum Gasteiger partial charge on any atom is -0.358 e. The Labute approximate surface area is 128 Å². The van der Waals surface area contributed by atoms with Crippen molar-refractivity contribution >= 4 is 5.82 Å². The van der Waals surface area contributed by atoms with Crippen LogP contribution in [0.4, 0.5) is 5.82 Å². The Morgan fingerprint density at radius 2 is 2.24 bits per heavy atom. The van der Waals surface area contributed by atoms with Crippen LogP contribution in [0.25, 0.3) is 0 Å². The largest absolute Gasteiger partial charge is 0.358 e. The second-order valence-corrected chi connectivity index (χ2v) is 6.48. The lowest BCUT2D eigenvalue weighted by Crippen LogP contribution is -2.39. The molecule has 1 saturated carbocycles. The van der Waals surface area contributed by atoms with Crippen LogP contribution in [0.3, 0.4) is 0 Å². The standard InChI is InChI=1S/C17H28N4/c1-3-21-10-4-5-16(21)13-20(2)17-11-14(8-9-18-17)12-19-15-6-7-15/h8-9,11,15-16,19H,3-7,10,12-13H2,1-2H3. The van der Waals surface area contributed by atoms with Gasteiger partial charge in [-0.3, -0.25) is 4.90 Å². The van der Waals surface area contributed by atoms with Crippen LogP contribution < -0.4 is 10.2 Å². The highest BCUT2D eigenvalue weighted by Crippen LogP contribution is 2.21. The zero-order valence-corrected chi connectivity index (χ0v) is 13.4. The van der Waals surface area contributed by atoms with Gasteiger partial charge in [0, 0.05) is 38.4 Å². The van der Waals surface area contributed by atoms with Gasteiger partial charge in [-0.2, -0.15) is 0 Å². The smallest absolute Gasteiger partial charge is 0.128 e. The lowest BCUT2D eigenvalue weighted by molar-refractivity contribution is 0.270. The van der Waals surface area contributed by atoms with Gasteiger partial charge in [-0.25, -0.2) is 4.98 Å². The minimum absolute atomic E-state index is 0.690. The van der Waals surface area contributed by atoms with Crippen molar-refractivity contribution in [3.63, 3.8) is 0 Å². The van der Waals surface area contributed by atoms with Crippen molar-refractivity contribution in [2.24, 2.45) is 0 Å². The first-order valence-corrected chi connectivity index (χ1v) is 8.39. The predicted molar refractivity (Wildman–Crippen MR) is 87.6 cm³/mol. The van der Waals surface area contributed by atoms with Gasteiger partial charge in [0.05, 0.1) is 0 Å². The normalized spacial score (nSPS) is 22.7. The summed E-state index contributed by atoms with van der Waals surface area (Å²) >= 11 is 0. The van der Waals surface area contributed by atoms with Gasteiger partial charge in [0.25, 0.3) is 0 Å². The highest BCUT2D eigenvalue weighted by molar-refractivity contribution is 5.40. The van der Waals surface area contributed by atoms with Gasteiger partial charge in [-0.05, 0) is 56.5 Å². The molecule has 116 valence electrons. The van der Waals surface area contributed by atoms with E-state index < -0.39 is 0 Å². The molecule has 1 aromatic rings. The molecule has 0 radical (unpaired) electrons. The number of nitrogens with one attached hydrogen (secondary N) is 1. The van der Waals surface area contributed by atoms with E-state index in [9.17, 15) is 0 Å². The van der Waals surface area contributed by atoms with Gasteiger partial charge in [-0.15, -0.1) is 0 Å². The third-order valence-electron chi connectivity index (χ3n) is 4.76. The fourth-order valence-electron chi connectivity index (χ4n) is 3.26. The fraction of sp³-hybridized carbons (Fsp3) is 0.706. The zero-order valence-electron chi connectivity index (χ0n) is 13.4. The lowest BCUT2D eigenvalue weighted by atomic mass is 10.2. The van der Waals surface area contributed by atoms with E-state index in [0.29, 0.717) is 6.04 Å². The summed E-state index contributed by atoms with van der Waals surface area (Å²) in [7, 11) is 2.17. The molecule has 1 N–H and O–H groups in total. The van der Waals surface area contributed by atoms with Crippen molar-refractivity contribution < 1.29 is 0 Å². The third kappa shape index (κ3) is 3.95. The molecule has 0 aromatic carbocycles. The number of nitrogens with zero attached hydrogens (tertiary/aromatic N) is 3. The summed E-state index contributed by atoms with van der Waals surface area (Å²) in [6.45, 7) is 6.74. The summed E-state index contributed by atoms with van der Waals surface area (Å²) in [5, 5.41) is 3.57. The Morgan fingerprint density at radius 1 is 1.38 bits per heavy atom. The predicted octanol–water partition coefficient (Wildman–Crippen LogP) is 2.25. The quantitative estimate of drug-likeness (QED) is 0.834. The number of aromatic nitrogens is 1. The summed E-state index contributed by atoms with van der Waals surface area (Å²) in [6, 6.07) is 5.81. The molecule has 1 aliphatic carbocycles. The van der Waals surface area contributed by atoms with Crippen molar-refractivity contribution in [1.82, 2.24) is 15.2 Å². The van der Waals surface area contributed by atoms with Crippen LogP contribution in [0.15, 0.2) is 18.3 Å². The molecule has 3 rings (SSSR count). The first kappa shape index (κ1) is 14.8. The molecule has 4 nitrogen and oxygen atoms in total. The molecule has 2 fully saturated rings. The highest BCUT2D eigenvalue weighted by Gasteiger charge is 2.24. The summed E-state index contributed by atoms with van der Waals surface area (Å²) in [5.74, 6) is 1.10. The number of rotatable bonds is 7. The summed E-state index contributed by atoms with van der Waals surface area (Å²) < 4.78 is 0. The molecule has 1 aliphatic heterocycles. The minimum atomic E-state index is 0.690. The molecule has 0 bridgehead atoms. The Kier molecular flexibility index (Phi) is 4.76. The van der Waals surface area contributed by atoms with Crippen molar-refractivity contribution in [2.75, 3.05) is 31.6 Å². The molecule has 0 spiro atoms. The summed E-state index contributed by atoms with van der Waals surface area (Å²) in [4.78, 5) is 9.47. The van der Waals surface area contributed by atoms with E-state index in [-0.39, 0.29) is 0 Å². The first-order valence-electron chi connectivity index (χ1n) is 8.39. The Balaban J connectivity index is 1.57. The maximum atomic E-state index is 4.55. The molecular formula is C17H28N4. The highest BCUT2D eigenvalue weighted by atomic mass is 15.2. The number of likely N-dealkylation sites (N-methyl/N-ethyl adjacent to an activating group) is 2. The van der Waals surface area contributed by atoms with Crippen LogP contribution in [0.5, 0.6) is 0 Å². The van der Waals surface area contributed by atoms with Crippen LogP contribution >= 0.6 is 0 Å². The number of hydrogen-bond acceptors (Lipinski definition) is 4. The van der Waals surface area contributed by atoms with Gasteiger partial charge >= 0.3 is 0 Å². The molecule has 1 aromatic heterocycles. The molecule has 1 saturated heterocycles. The van der Waals surface area contributed by atoms with Crippen LogP contribution in [0, 0.1) is 0 Å². The molecule has 21 heavy (non-hydrogen) atoms. The molecular weight excluding hydrogens is 260 g/mol. The molecule has 2 heterocycles. The van der Waals surface area contributed by atoms with E-state index >= 15 is 0 Å². The third-order valence-corrected chi connectivity index (χ3v) is 4.76. The van der Waals surface area contributed by atoms with Gasteiger partial charge in [0.2, 0.25) is 0 Å². The van der Waals surface area contributed by atoms with Crippen molar-refractivity contribution in [3.8, 4) is 0 Å². The second kappa shape index (κ2) is 6.75. The van der Waals surface area contributed by atoms with Crippen molar-refractivity contribution in [1.29, 1.82) is 0 Å². The monoisotopic (exact) mass is 288 g/mol. The Bertz CT molecular complexity index is 458. The molecule has 1 unspecified atom stereocenters. The van der Waals surface area contributed by atoms with Crippen LogP contribution in [0.1, 0.15) is 38.2 Å². The number of likely N-dealkylation sites (tertiary alicyclic amines) is 1. The zero-order chi connectivity index (χ0) is 14.7. The summed E-state index contributed by atoms with van der Waals surface area (Å²) in [5.41, 5.74) is 1.34. The van der Waals surface area contributed by atoms with Gasteiger partial charge in [-0.1, -0.05) is 6.92 Å². The van der Waals surface area contributed by atoms with E-state index in [1.54, 1.807) is 0 Å². The van der Waals surface area contributed by atoms with Crippen LogP contribution in [-0.2, 0) is 6.54 Å². The molecule has 2 aliphatic rings. The average Bonchev–Trinajstić information content (AvgIpc) is 3.24. The lowest BCUT2D eigenvalue weighted by Gasteiger charge is -2.28. The van der Waals surface area contributed by atoms with Gasteiger partial charge < -0.3 is 10.2 Å². The fourth-order valence-corrected chi connectivity index (χ4v) is 3.26. The Hall–Kier alpha value is -1.13. The average molecular weight is 288 g/mol. The van der Waals surface area contributed by atoms with E-state index in [4.69, 9.17) is 0 Å². The van der Waals surface area contributed by atoms with Gasteiger partial charge in [0.1, 0.15) is 5.82 Å². The van der Waals surface area contributed by atoms with E-state index in [1.165, 1.54) is 37.8 Å². The van der Waals surface area contributed by atoms with E-state index in [0.717, 1.165) is 31.5 Å². The first-order chi connectivity index (χ1) is 10.3. The maximum Gasteiger partial charge on any atom is 0.128 e. The van der Waals surface area contributed by atoms with E-state index in [2.05, 4.69) is 46.2 Å².